The van der Waals surface area contributed by atoms with Gasteiger partial charge >= 0.3 is 0 Å². The number of hydrogen-bond donors (Lipinski definition) is 1. The number of nitrogens with one attached hydrogen (secondary N) is 1. The molecule has 3 heteroatoms. The maximum absolute atomic E-state index is 11.6. The SMILES string of the molecule is COc1ccc(CNC(=O)[C@H]2C[C@H]2C)cc1. The molecule has 1 aliphatic rings. The summed E-state index contributed by atoms with van der Waals surface area (Å²) in [5, 5.41) is 2.95. The van der Waals surface area contributed by atoms with Gasteiger partial charge in [0, 0.05) is 12.5 Å². The fourth-order valence-corrected chi connectivity index (χ4v) is 1.75. The predicted molar refractivity (Wildman–Crippen MR) is 62.1 cm³/mol. The fourth-order valence-electron chi connectivity index (χ4n) is 1.75. The molecule has 0 saturated heterocycles. The van der Waals surface area contributed by atoms with Gasteiger partial charge in [0.25, 0.3) is 0 Å². The number of benzene rings is 1. The van der Waals surface area contributed by atoms with Gasteiger partial charge in [0.15, 0.2) is 0 Å². The van der Waals surface area contributed by atoms with Crippen LogP contribution >= 0.6 is 0 Å². The van der Waals surface area contributed by atoms with Crippen LogP contribution in [0.4, 0.5) is 0 Å². The van der Waals surface area contributed by atoms with Crippen LogP contribution in [-0.2, 0) is 11.3 Å². The zero-order valence-electron chi connectivity index (χ0n) is 9.69. The van der Waals surface area contributed by atoms with Crippen LogP contribution in [0.3, 0.4) is 0 Å². The second-order valence-electron chi connectivity index (χ2n) is 4.39. The third-order valence-corrected chi connectivity index (χ3v) is 3.07. The summed E-state index contributed by atoms with van der Waals surface area (Å²) in [6.45, 7) is 2.71. The van der Waals surface area contributed by atoms with E-state index in [9.17, 15) is 4.79 Å². The Balaban J connectivity index is 1.82. The van der Waals surface area contributed by atoms with Gasteiger partial charge in [-0.3, -0.25) is 4.79 Å². The van der Waals surface area contributed by atoms with E-state index in [0.29, 0.717) is 12.5 Å². The molecule has 0 aromatic heterocycles. The van der Waals surface area contributed by atoms with E-state index in [1.54, 1.807) is 7.11 Å². The van der Waals surface area contributed by atoms with Crippen LogP contribution in [-0.4, -0.2) is 13.0 Å². The highest BCUT2D eigenvalue weighted by atomic mass is 16.5. The minimum absolute atomic E-state index is 0.184. The van der Waals surface area contributed by atoms with E-state index in [1.807, 2.05) is 24.3 Å². The first-order valence-corrected chi connectivity index (χ1v) is 5.61. The van der Waals surface area contributed by atoms with E-state index >= 15 is 0 Å². The van der Waals surface area contributed by atoms with E-state index in [2.05, 4.69) is 12.2 Å². The maximum Gasteiger partial charge on any atom is 0.223 e. The molecule has 0 unspecified atom stereocenters. The van der Waals surface area contributed by atoms with Gasteiger partial charge in [-0.05, 0) is 30.0 Å². The van der Waals surface area contributed by atoms with E-state index in [-0.39, 0.29) is 11.8 Å². The molecule has 1 saturated carbocycles. The second-order valence-corrected chi connectivity index (χ2v) is 4.39. The second kappa shape index (κ2) is 4.56. The lowest BCUT2D eigenvalue weighted by atomic mass is 10.2. The minimum atomic E-state index is 0.184. The summed E-state index contributed by atoms with van der Waals surface area (Å²) in [5.41, 5.74) is 1.10. The van der Waals surface area contributed by atoms with Crippen molar-refractivity contribution in [3.63, 3.8) is 0 Å². The molecular formula is C13H17NO2. The quantitative estimate of drug-likeness (QED) is 0.840. The molecule has 0 bridgehead atoms. The van der Waals surface area contributed by atoms with Crippen molar-refractivity contribution < 1.29 is 9.53 Å². The molecule has 0 spiro atoms. The maximum atomic E-state index is 11.6. The average molecular weight is 219 g/mol. The van der Waals surface area contributed by atoms with Gasteiger partial charge in [0.05, 0.1) is 7.11 Å². The molecule has 3 nitrogen and oxygen atoms in total. The zero-order chi connectivity index (χ0) is 11.5. The first-order valence-electron chi connectivity index (χ1n) is 5.61. The molecule has 1 amide bonds. The molecule has 1 aliphatic carbocycles. The summed E-state index contributed by atoms with van der Waals surface area (Å²) >= 11 is 0. The molecular weight excluding hydrogens is 202 g/mol. The van der Waals surface area contributed by atoms with Crippen molar-refractivity contribution in [1.29, 1.82) is 0 Å². The molecule has 0 heterocycles. The number of carbonyl (C=O) groups excluding carboxylic acids is 1. The molecule has 1 aromatic rings. The van der Waals surface area contributed by atoms with Crippen LogP contribution in [0, 0.1) is 11.8 Å². The van der Waals surface area contributed by atoms with Gasteiger partial charge in [-0.15, -0.1) is 0 Å². The number of amides is 1. The molecule has 2 atom stereocenters. The van der Waals surface area contributed by atoms with Gasteiger partial charge in [-0.25, -0.2) is 0 Å². The Morgan fingerprint density at radius 3 is 2.56 bits per heavy atom. The lowest BCUT2D eigenvalue weighted by Gasteiger charge is -2.05. The van der Waals surface area contributed by atoms with Gasteiger partial charge in [0.2, 0.25) is 5.91 Å². The van der Waals surface area contributed by atoms with Crippen LogP contribution in [0.25, 0.3) is 0 Å². The lowest BCUT2D eigenvalue weighted by molar-refractivity contribution is -0.122. The van der Waals surface area contributed by atoms with Gasteiger partial charge in [0.1, 0.15) is 5.75 Å². The Morgan fingerprint density at radius 1 is 1.44 bits per heavy atom. The first kappa shape index (κ1) is 11.0. The van der Waals surface area contributed by atoms with Crippen molar-refractivity contribution in [3.8, 4) is 5.75 Å². The number of rotatable bonds is 4. The van der Waals surface area contributed by atoms with Crippen LogP contribution in [0.15, 0.2) is 24.3 Å². The lowest BCUT2D eigenvalue weighted by Crippen LogP contribution is -2.24. The third-order valence-electron chi connectivity index (χ3n) is 3.07. The summed E-state index contributed by atoms with van der Waals surface area (Å²) in [4.78, 5) is 11.6. The molecule has 1 fully saturated rings. The molecule has 86 valence electrons. The van der Waals surface area contributed by atoms with Crippen molar-refractivity contribution in [2.24, 2.45) is 11.8 Å². The zero-order valence-corrected chi connectivity index (χ0v) is 9.69. The summed E-state index contributed by atoms with van der Waals surface area (Å²) in [5.74, 6) is 1.84. The van der Waals surface area contributed by atoms with Crippen LogP contribution in [0.2, 0.25) is 0 Å². The summed E-state index contributed by atoms with van der Waals surface area (Å²) in [7, 11) is 1.64. The van der Waals surface area contributed by atoms with Crippen LogP contribution < -0.4 is 10.1 Å². The minimum Gasteiger partial charge on any atom is -0.497 e. The Kier molecular flexibility index (Phi) is 3.13. The summed E-state index contributed by atoms with van der Waals surface area (Å²) in [6.07, 6.45) is 1.04. The Hall–Kier alpha value is -1.51. The largest absolute Gasteiger partial charge is 0.497 e. The molecule has 1 N–H and O–H groups in total. The van der Waals surface area contributed by atoms with Crippen LogP contribution in [0.1, 0.15) is 18.9 Å². The number of methoxy groups -OCH3 is 1. The smallest absolute Gasteiger partial charge is 0.223 e. The summed E-state index contributed by atoms with van der Waals surface area (Å²) in [6, 6.07) is 7.74. The molecule has 1 aromatic carbocycles. The van der Waals surface area contributed by atoms with Crippen LogP contribution in [0.5, 0.6) is 5.75 Å². The fraction of sp³-hybridized carbons (Fsp3) is 0.462. The highest BCUT2D eigenvalue weighted by Crippen LogP contribution is 2.37. The predicted octanol–water partition coefficient (Wildman–Crippen LogP) is 1.97. The molecule has 16 heavy (non-hydrogen) atoms. The van der Waals surface area contributed by atoms with E-state index < -0.39 is 0 Å². The van der Waals surface area contributed by atoms with Crippen molar-refractivity contribution in [1.82, 2.24) is 5.32 Å². The van der Waals surface area contributed by atoms with E-state index in [1.165, 1.54) is 0 Å². The van der Waals surface area contributed by atoms with Crippen molar-refractivity contribution in [2.45, 2.75) is 19.9 Å². The first-order chi connectivity index (χ1) is 7.70. The monoisotopic (exact) mass is 219 g/mol. The van der Waals surface area contributed by atoms with E-state index in [0.717, 1.165) is 17.7 Å². The van der Waals surface area contributed by atoms with Gasteiger partial charge < -0.3 is 10.1 Å². The molecule has 0 radical (unpaired) electrons. The van der Waals surface area contributed by atoms with Gasteiger partial charge in [-0.2, -0.15) is 0 Å². The average Bonchev–Trinajstić information content (AvgIpc) is 3.04. The number of carbonyl (C=O) groups is 1. The van der Waals surface area contributed by atoms with Crippen molar-refractivity contribution >= 4 is 5.91 Å². The standard InChI is InChI=1S/C13H17NO2/c1-9-7-12(9)13(15)14-8-10-3-5-11(16-2)6-4-10/h3-6,9,12H,7-8H2,1-2H3,(H,14,15)/t9-,12+/m1/s1. The Labute approximate surface area is 95.8 Å². The highest BCUT2D eigenvalue weighted by Gasteiger charge is 2.38. The van der Waals surface area contributed by atoms with E-state index in [4.69, 9.17) is 4.74 Å². The van der Waals surface area contributed by atoms with Crippen molar-refractivity contribution in [3.05, 3.63) is 29.8 Å². The number of hydrogen-bond acceptors (Lipinski definition) is 2. The molecule has 2 rings (SSSR count). The van der Waals surface area contributed by atoms with Crippen molar-refractivity contribution in [2.75, 3.05) is 7.11 Å². The normalized spacial score (nSPS) is 22.6. The topological polar surface area (TPSA) is 38.3 Å². The third kappa shape index (κ3) is 2.54. The Morgan fingerprint density at radius 2 is 2.06 bits per heavy atom. The summed E-state index contributed by atoms with van der Waals surface area (Å²) < 4.78 is 5.07. The highest BCUT2D eigenvalue weighted by molar-refractivity contribution is 5.81. The Bertz CT molecular complexity index is 372. The van der Waals surface area contributed by atoms with Gasteiger partial charge in [-0.1, -0.05) is 19.1 Å². The number of ether oxygens (including phenoxy) is 1. The molecule has 0 aliphatic heterocycles.